The molecule has 0 bridgehead atoms. The van der Waals surface area contributed by atoms with Crippen molar-refractivity contribution >= 4 is 49.6 Å². The lowest BCUT2D eigenvalue weighted by Gasteiger charge is -2.27. The van der Waals surface area contributed by atoms with Crippen LogP contribution in [-0.2, 0) is 0 Å². The van der Waals surface area contributed by atoms with Crippen LogP contribution in [0.2, 0.25) is 0 Å². The highest BCUT2D eigenvalue weighted by Crippen LogP contribution is 2.42. The third kappa shape index (κ3) is 6.41. The number of hydrogen-bond acceptors (Lipinski definition) is 1. The number of rotatable bonds is 8. The van der Waals surface area contributed by atoms with Crippen molar-refractivity contribution in [2.75, 3.05) is 4.90 Å². The zero-order valence-electron chi connectivity index (χ0n) is 55.1. The third-order valence-electron chi connectivity index (χ3n) is 10.1. The van der Waals surface area contributed by atoms with E-state index in [9.17, 15) is 12.3 Å². The Kier molecular flexibility index (Phi) is 4.61. The number of anilines is 3. The second kappa shape index (κ2) is 15.1. The van der Waals surface area contributed by atoms with E-state index in [2.05, 4.69) is 4.57 Å². The number of aromatic nitrogens is 1. The van der Waals surface area contributed by atoms with Gasteiger partial charge in [-0.05, 0) is 122 Å². The molecule has 0 aliphatic carbocycles. The van der Waals surface area contributed by atoms with Crippen molar-refractivity contribution in [1.82, 2.24) is 4.57 Å². The molecular weight excluding hydrogens is 725 g/mol. The summed E-state index contributed by atoms with van der Waals surface area (Å²) in [5.74, 6) is 0. The van der Waals surface area contributed by atoms with Crippen LogP contribution in [0.15, 0.2) is 242 Å². The van der Waals surface area contributed by atoms with Gasteiger partial charge >= 0.3 is 0 Å². The Labute approximate surface area is 384 Å². The first-order valence-corrected chi connectivity index (χ1v) is 18.6. The molecule has 1 aromatic heterocycles. The second-order valence-electron chi connectivity index (χ2n) is 13.5. The van der Waals surface area contributed by atoms with Crippen LogP contribution in [-0.4, -0.2) is 4.57 Å². The first-order valence-electron chi connectivity index (χ1n) is 30.6. The second-order valence-corrected chi connectivity index (χ2v) is 13.5. The lowest BCUT2D eigenvalue weighted by molar-refractivity contribution is 1.19. The maximum absolute atomic E-state index is 10.1. The van der Waals surface area contributed by atoms with Crippen LogP contribution in [0, 0.1) is 0 Å². The van der Waals surface area contributed by atoms with Crippen LogP contribution in [0.25, 0.3) is 82.8 Å². The molecule has 0 spiro atoms. The Morgan fingerprint density at radius 2 is 0.933 bits per heavy atom. The Bertz CT molecular complexity index is 4630. The first-order chi connectivity index (χ1) is 39.7. The van der Waals surface area contributed by atoms with Crippen molar-refractivity contribution in [3.05, 3.63) is 242 Å². The van der Waals surface area contributed by atoms with Crippen LogP contribution in [0.1, 0.15) is 32.9 Å². The van der Waals surface area contributed by atoms with Crippen molar-refractivity contribution in [2.45, 2.75) is 0 Å². The largest absolute Gasteiger partial charge is 0.310 e. The molecule has 1 heterocycles. The maximum Gasteiger partial charge on any atom is 0.0652 e. The molecule has 0 aliphatic heterocycles. The molecule has 0 saturated heterocycles. The fourth-order valence-corrected chi connectivity index (χ4v) is 7.31. The van der Waals surface area contributed by atoms with Gasteiger partial charge in [0, 0.05) is 33.5 Å². The van der Waals surface area contributed by atoms with E-state index in [1.807, 2.05) is 66.7 Å². The van der Waals surface area contributed by atoms with Gasteiger partial charge in [-0.25, -0.2) is 0 Å². The summed E-state index contributed by atoms with van der Waals surface area (Å²) in [6.45, 7) is 0. The van der Waals surface area contributed by atoms with E-state index in [4.69, 9.17) is 20.6 Å². The number of nitrogens with zero attached hydrogens (tertiary/aromatic N) is 2. The molecule has 0 N–H and O–H groups in total. The van der Waals surface area contributed by atoms with Gasteiger partial charge in [0.25, 0.3) is 0 Å². The predicted molar refractivity (Wildman–Crippen MR) is 255 cm³/mol. The van der Waals surface area contributed by atoms with Gasteiger partial charge in [-0.3, -0.25) is 0 Å². The van der Waals surface area contributed by atoms with Gasteiger partial charge in [-0.15, -0.1) is 0 Å². The highest BCUT2D eigenvalue weighted by molar-refractivity contribution is 6.10. The summed E-state index contributed by atoms with van der Waals surface area (Å²) in [6, 6.07) is 6.87. The average molecular weight is 789 g/mol. The van der Waals surface area contributed by atoms with Crippen LogP contribution < -0.4 is 4.90 Å². The topological polar surface area (TPSA) is 8.17 Å². The molecule has 0 amide bonds. The number of hydrogen-bond donors (Lipinski definition) is 0. The average Bonchev–Trinajstić information content (AvgIpc) is 1.05. The SMILES string of the molecule is [2H]c1c(-c2c([2H])c([2H])c([2H])c([2H])c2[2H])ccc(N(c2c([2H])c([2H])c(-c3ccc4c(c3)c3ccccc3n4-c3ccc4ccccc4c3)c([2H])c2[2H])c2c([2H])c([2H])c(-c3c([2H])c([2H])c([2H])c([2H])c3[2H])c(-c3c([2H])c([2H])c([2H])c([2H])c3[2H])c2[2H])c1[2H]. The minimum absolute atomic E-state index is 0.207. The summed E-state index contributed by atoms with van der Waals surface area (Å²) in [6.07, 6.45) is 0. The van der Waals surface area contributed by atoms with Crippen LogP contribution in [0.3, 0.4) is 0 Å². The Hall–Kier alpha value is -7.94. The monoisotopic (exact) mass is 788 g/mol. The molecule has 0 saturated carbocycles. The summed E-state index contributed by atoms with van der Waals surface area (Å²) < 4.78 is 219. The summed E-state index contributed by atoms with van der Waals surface area (Å²) in [7, 11) is 0. The highest BCUT2D eigenvalue weighted by Gasteiger charge is 2.18. The van der Waals surface area contributed by atoms with Gasteiger partial charge in [-0.1, -0.05) is 175 Å². The standard InChI is InChI=1S/C58H40N2/c1-4-14-41(15-5-1)43-24-30-49(31-25-43)59(52-35-36-53(45-17-6-2-7-18-45)55(40-52)46-19-8-3-9-20-46)50-32-26-44(27-33-50)48-29-37-58-56(39-48)54-22-12-13-23-57(54)60(58)51-34-28-42-16-10-11-21-47(42)38-51/h1-40H/i1D,2D,3D,4D,5D,6D,7D,8D,9D,14D,15D,17D,18D,19D,20D,24D,26D,27D,30D,32D,33D,35D,36D,40D. The lowest BCUT2D eigenvalue weighted by atomic mass is 9.93. The third-order valence-corrected chi connectivity index (χ3v) is 10.1. The zero-order valence-corrected chi connectivity index (χ0v) is 31.1. The molecule has 0 aliphatic rings. The van der Waals surface area contributed by atoms with Crippen molar-refractivity contribution < 1.29 is 32.9 Å². The number of benzene rings is 10. The quantitative estimate of drug-likeness (QED) is 0.149. The highest BCUT2D eigenvalue weighted by atomic mass is 15.1. The lowest BCUT2D eigenvalue weighted by Crippen LogP contribution is -2.10. The molecule has 2 heteroatoms. The molecule has 0 radical (unpaired) electrons. The van der Waals surface area contributed by atoms with Gasteiger partial charge < -0.3 is 9.47 Å². The van der Waals surface area contributed by atoms with Crippen molar-refractivity contribution in [3.8, 4) is 50.2 Å². The summed E-state index contributed by atoms with van der Waals surface area (Å²) in [5, 5.41) is 3.46. The molecule has 2 nitrogen and oxygen atoms in total. The van der Waals surface area contributed by atoms with Gasteiger partial charge in [-0.2, -0.15) is 0 Å². The van der Waals surface area contributed by atoms with Gasteiger partial charge in [0.05, 0.1) is 43.9 Å². The van der Waals surface area contributed by atoms with Crippen molar-refractivity contribution in [2.24, 2.45) is 0 Å². The molecule has 10 aromatic carbocycles. The molecule has 0 atom stereocenters. The molecule has 11 aromatic rings. The van der Waals surface area contributed by atoms with Gasteiger partial charge in [0.2, 0.25) is 0 Å². The Balaban J connectivity index is 1.24. The molecule has 0 unspecified atom stereocenters. The van der Waals surface area contributed by atoms with E-state index in [1.54, 1.807) is 18.2 Å². The minimum atomic E-state index is -1.12. The zero-order chi connectivity index (χ0) is 60.7. The van der Waals surface area contributed by atoms with E-state index in [-0.39, 0.29) is 11.1 Å². The van der Waals surface area contributed by atoms with Crippen LogP contribution in [0.5, 0.6) is 0 Å². The van der Waals surface area contributed by atoms with E-state index in [0.717, 1.165) is 45.0 Å². The van der Waals surface area contributed by atoms with Crippen molar-refractivity contribution in [3.63, 3.8) is 0 Å². The molecule has 11 rings (SSSR count). The summed E-state index contributed by atoms with van der Waals surface area (Å²) in [5.41, 5.74) is -4.39. The smallest absolute Gasteiger partial charge is 0.0652 e. The van der Waals surface area contributed by atoms with Crippen LogP contribution >= 0.6 is 0 Å². The Morgan fingerprint density at radius 1 is 0.350 bits per heavy atom. The molecule has 0 fully saturated rings. The Morgan fingerprint density at radius 3 is 1.70 bits per heavy atom. The molecule has 60 heavy (non-hydrogen) atoms. The summed E-state index contributed by atoms with van der Waals surface area (Å²) in [4.78, 5) is 0.671. The first kappa shape index (κ1) is 18.3. The minimum Gasteiger partial charge on any atom is -0.310 e. The molecule has 282 valence electrons. The van der Waals surface area contributed by atoms with Crippen LogP contribution in [0.4, 0.5) is 17.1 Å². The number of para-hydroxylation sites is 1. The van der Waals surface area contributed by atoms with Gasteiger partial charge in [0.1, 0.15) is 0 Å². The fraction of sp³-hybridized carbons (Fsp3) is 0. The van der Waals surface area contributed by atoms with E-state index in [0.29, 0.717) is 10.3 Å². The molecular formula is C58H40N2. The predicted octanol–water partition coefficient (Wildman–Crippen LogP) is 16.1. The summed E-state index contributed by atoms with van der Waals surface area (Å²) >= 11 is 0. The normalized spacial score (nSPS) is 16.9. The van der Waals surface area contributed by atoms with E-state index < -0.39 is 195 Å². The maximum atomic E-state index is 10.1. The van der Waals surface area contributed by atoms with Gasteiger partial charge in [0.15, 0.2) is 0 Å². The fourth-order valence-electron chi connectivity index (χ4n) is 7.31. The van der Waals surface area contributed by atoms with E-state index in [1.165, 1.54) is 0 Å². The van der Waals surface area contributed by atoms with Crippen molar-refractivity contribution in [1.29, 1.82) is 0 Å². The number of fused-ring (bicyclic) bond motifs is 4. The van der Waals surface area contributed by atoms with E-state index >= 15 is 0 Å².